The van der Waals surface area contributed by atoms with E-state index in [4.69, 9.17) is 5.84 Å². The van der Waals surface area contributed by atoms with Gasteiger partial charge in [0.15, 0.2) is 5.16 Å². The monoisotopic (exact) mass is 451 g/mol. The third-order valence-corrected chi connectivity index (χ3v) is 6.13. The van der Waals surface area contributed by atoms with Crippen molar-refractivity contribution >= 4 is 50.9 Å². The molecular weight excluding hydrogens is 434 g/mol. The Bertz CT molecular complexity index is 1300. The highest BCUT2D eigenvalue weighted by Gasteiger charge is 2.17. The molecular formula is C21H17N5O3S2. The van der Waals surface area contributed by atoms with Gasteiger partial charge < -0.3 is 11.2 Å². The number of carbonyl (C=O) groups is 2. The summed E-state index contributed by atoms with van der Waals surface area (Å²) in [7, 11) is 0. The maximum absolute atomic E-state index is 12.9. The number of carbonyl (C=O) groups excluding carboxylic acids is 2. The molecule has 3 amide bonds. The summed E-state index contributed by atoms with van der Waals surface area (Å²) in [5.41, 5.74) is 1.84. The van der Waals surface area contributed by atoms with Crippen molar-refractivity contribution in [1.29, 1.82) is 0 Å². The van der Waals surface area contributed by atoms with Gasteiger partial charge >= 0.3 is 6.03 Å². The molecule has 2 heterocycles. The van der Waals surface area contributed by atoms with Crippen LogP contribution in [0.1, 0.15) is 0 Å². The van der Waals surface area contributed by atoms with E-state index >= 15 is 0 Å². The molecule has 156 valence electrons. The zero-order valence-electron chi connectivity index (χ0n) is 16.1. The summed E-state index contributed by atoms with van der Waals surface area (Å²) in [5, 5.41) is 7.29. The van der Waals surface area contributed by atoms with E-state index in [0.717, 1.165) is 27.6 Å². The van der Waals surface area contributed by atoms with E-state index in [0.29, 0.717) is 15.9 Å². The van der Waals surface area contributed by atoms with Gasteiger partial charge in [-0.25, -0.2) is 14.5 Å². The van der Waals surface area contributed by atoms with Crippen LogP contribution in [0, 0.1) is 0 Å². The average molecular weight is 452 g/mol. The number of aromatic nitrogens is 2. The number of nitrogens with zero attached hydrogens (tertiary/aromatic N) is 2. The lowest BCUT2D eigenvalue weighted by Gasteiger charge is -2.08. The number of anilines is 1. The first-order valence-corrected chi connectivity index (χ1v) is 11.0. The van der Waals surface area contributed by atoms with Gasteiger partial charge in [-0.15, -0.1) is 11.3 Å². The number of benzene rings is 2. The molecule has 0 aliphatic heterocycles. The van der Waals surface area contributed by atoms with Gasteiger partial charge in [-0.1, -0.05) is 60.3 Å². The molecule has 10 heteroatoms. The first-order chi connectivity index (χ1) is 15.0. The molecule has 0 bridgehead atoms. The molecule has 2 aromatic carbocycles. The molecule has 0 saturated carbocycles. The minimum Gasteiger partial charge on any atom is -0.334 e. The van der Waals surface area contributed by atoms with Crippen LogP contribution in [0.4, 0.5) is 10.5 Å². The number of nitrogens with two attached hydrogens (primary N) is 1. The van der Waals surface area contributed by atoms with Gasteiger partial charge in [-0.2, -0.15) is 0 Å². The molecule has 4 aromatic rings. The second-order valence-corrected chi connectivity index (χ2v) is 8.22. The Kier molecular flexibility index (Phi) is 6.01. The smallest absolute Gasteiger partial charge is 0.325 e. The summed E-state index contributed by atoms with van der Waals surface area (Å²) in [6.45, 7) is 0. The quantitative estimate of drug-likeness (QED) is 0.243. The molecule has 0 spiro atoms. The number of hydrogen-bond acceptors (Lipinski definition) is 7. The average Bonchev–Trinajstić information content (AvgIpc) is 3.20. The fourth-order valence-corrected chi connectivity index (χ4v) is 4.60. The number of urea groups is 1. The predicted octanol–water partition coefficient (Wildman–Crippen LogP) is 3.28. The molecule has 0 unspecified atom stereocenters. The number of thioether (sulfide) groups is 1. The van der Waals surface area contributed by atoms with Gasteiger partial charge in [-0.3, -0.25) is 14.9 Å². The lowest BCUT2D eigenvalue weighted by Crippen LogP contribution is -2.36. The second-order valence-electron chi connectivity index (χ2n) is 6.42. The fraction of sp³-hybridized carbons (Fsp3) is 0.0476. The van der Waals surface area contributed by atoms with Gasteiger partial charge in [0.1, 0.15) is 4.83 Å². The van der Waals surface area contributed by atoms with Crippen LogP contribution < -0.4 is 22.0 Å². The van der Waals surface area contributed by atoms with Crippen LogP contribution in [0.15, 0.2) is 76.0 Å². The van der Waals surface area contributed by atoms with Gasteiger partial charge in [0.2, 0.25) is 5.91 Å². The maximum atomic E-state index is 12.9. The maximum Gasteiger partial charge on any atom is 0.325 e. The Balaban J connectivity index is 1.46. The number of para-hydroxylation sites is 1. The van der Waals surface area contributed by atoms with Crippen molar-refractivity contribution in [3.05, 3.63) is 76.4 Å². The van der Waals surface area contributed by atoms with Gasteiger partial charge in [0.25, 0.3) is 5.56 Å². The molecule has 0 fully saturated rings. The topological polar surface area (TPSA) is 119 Å². The van der Waals surface area contributed by atoms with Crippen LogP contribution in [0.25, 0.3) is 21.3 Å². The van der Waals surface area contributed by atoms with E-state index < -0.39 is 17.5 Å². The van der Waals surface area contributed by atoms with E-state index in [-0.39, 0.29) is 10.9 Å². The first kappa shape index (κ1) is 20.6. The minimum atomic E-state index is -0.642. The summed E-state index contributed by atoms with van der Waals surface area (Å²) in [6, 6.07) is 17.6. The summed E-state index contributed by atoms with van der Waals surface area (Å²) in [4.78, 5) is 41.9. The molecule has 4 rings (SSSR count). The van der Waals surface area contributed by atoms with Crippen LogP contribution >= 0.6 is 23.1 Å². The normalized spacial score (nSPS) is 10.7. The Labute approximate surface area is 185 Å². The van der Waals surface area contributed by atoms with Crippen LogP contribution in [0.3, 0.4) is 0 Å². The number of fused-ring (bicyclic) bond motifs is 1. The van der Waals surface area contributed by atoms with Crippen molar-refractivity contribution < 1.29 is 9.59 Å². The van der Waals surface area contributed by atoms with E-state index in [9.17, 15) is 14.4 Å². The molecule has 0 atom stereocenters. The van der Waals surface area contributed by atoms with Crippen molar-refractivity contribution in [3.63, 3.8) is 0 Å². The summed E-state index contributed by atoms with van der Waals surface area (Å²) in [6.07, 6.45) is 0. The van der Waals surface area contributed by atoms with Crippen molar-refractivity contribution in [2.24, 2.45) is 0 Å². The Morgan fingerprint density at radius 2 is 1.74 bits per heavy atom. The van der Waals surface area contributed by atoms with Crippen molar-refractivity contribution in [1.82, 2.24) is 15.0 Å². The molecule has 31 heavy (non-hydrogen) atoms. The van der Waals surface area contributed by atoms with Crippen LogP contribution in [0.2, 0.25) is 0 Å². The minimum absolute atomic E-state index is 0.131. The van der Waals surface area contributed by atoms with Gasteiger partial charge in [0, 0.05) is 16.6 Å². The molecule has 8 nitrogen and oxygen atoms in total. The first-order valence-electron chi connectivity index (χ1n) is 9.16. The predicted molar refractivity (Wildman–Crippen MR) is 124 cm³/mol. The highest BCUT2D eigenvalue weighted by Crippen LogP contribution is 2.31. The van der Waals surface area contributed by atoms with Crippen molar-refractivity contribution in [2.45, 2.75) is 5.16 Å². The number of nitrogens with one attached hydrogen (secondary N) is 2. The Morgan fingerprint density at radius 3 is 2.45 bits per heavy atom. The third-order valence-electron chi connectivity index (χ3n) is 4.31. The standard InChI is InChI=1S/C21H17N5O3S2/c22-26-19(28)17-15(13-7-3-1-4-8-13)11-30-18(17)25-21(26)31-12-16(27)24-20(29)23-14-9-5-2-6-10-14/h1-11H,12,22H2,(H2,23,24,27,29). The lowest BCUT2D eigenvalue weighted by atomic mass is 10.1. The molecule has 0 radical (unpaired) electrons. The summed E-state index contributed by atoms with van der Waals surface area (Å²) < 4.78 is 0.934. The van der Waals surface area contributed by atoms with Crippen LogP contribution in [-0.4, -0.2) is 27.4 Å². The van der Waals surface area contributed by atoms with Crippen LogP contribution in [-0.2, 0) is 4.79 Å². The molecule has 0 aliphatic rings. The summed E-state index contributed by atoms with van der Waals surface area (Å²) >= 11 is 2.31. The van der Waals surface area contributed by atoms with E-state index in [2.05, 4.69) is 15.6 Å². The highest BCUT2D eigenvalue weighted by molar-refractivity contribution is 7.99. The van der Waals surface area contributed by atoms with E-state index in [1.807, 2.05) is 41.8 Å². The number of amides is 3. The highest BCUT2D eigenvalue weighted by atomic mass is 32.2. The largest absolute Gasteiger partial charge is 0.334 e. The van der Waals surface area contributed by atoms with Gasteiger partial charge in [0.05, 0.1) is 11.1 Å². The number of nitrogen functional groups attached to an aromatic ring is 1. The van der Waals surface area contributed by atoms with E-state index in [1.54, 1.807) is 24.3 Å². The molecule has 0 saturated heterocycles. The molecule has 2 aromatic heterocycles. The van der Waals surface area contributed by atoms with Crippen LogP contribution in [0.5, 0.6) is 0 Å². The Hall–Kier alpha value is -3.63. The number of imide groups is 1. The SMILES string of the molecule is Nn1c(SCC(=O)NC(=O)Nc2ccccc2)nc2scc(-c3ccccc3)c2c1=O. The van der Waals surface area contributed by atoms with Crippen molar-refractivity contribution in [3.8, 4) is 11.1 Å². The third kappa shape index (κ3) is 4.60. The zero-order chi connectivity index (χ0) is 21.8. The number of hydrogen-bond donors (Lipinski definition) is 3. The summed E-state index contributed by atoms with van der Waals surface area (Å²) in [5.74, 6) is 5.29. The number of rotatable bonds is 5. The van der Waals surface area contributed by atoms with Gasteiger partial charge in [-0.05, 0) is 17.7 Å². The molecule has 4 N–H and O–H groups in total. The second kappa shape index (κ2) is 9.02. The molecule has 0 aliphatic carbocycles. The van der Waals surface area contributed by atoms with E-state index in [1.165, 1.54) is 11.3 Å². The number of thiophene rings is 1. The lowest BCUT2D eigenvalue weighted by molar-refractivity contribution is -0.117. The zero-order valence-corrected chi connectivity index (χ0v) is 17.7. The van der Waals surface area contributed by atoms with Crippen molar-refractivity contribution in [2.75, 3.05) is 16.9 Å². The Morgan fingerprint density at radius 1 is 1.06 bits per heavy atom. The fourth-order valence-electron chi connectivity index (χ4n) is 2.89.